The van der Waals surface area contributed by atoms with Crippen LogP contribution >= 0.6 is 114 Å². The first kappa shape index (κ1) is 80.9. The fraction of sp³-hybridized carbons (Fsp3) is 0.531. The SMILES string of the molecule is C=C[C@@H]1C[C@]1(N)P(=O)(Cc1c(F)cccc1F)OCC.CCOP(=O)(Cc1c(F)cccc1F)C1(CC(=O)[C@@H]2C[C@H](OCc3ccc(Br)cc3)CN2C(=O)OC(C)(C)C)CC1.CI.COC(=O)[C@@H]1C[C@H](OCc2ccc(Br)cc2)CN1C(=O)OC(C)(C)C.ICI. The maximum Gasteiger partial charge on any atom is 0.411 e. The van der Waals surface area contributed by atoms with E-state index in [1.807, 2.05) is 53.5 Å². The molecule has 16 nitrogen and oxygen atoms in total. The van der Waals surface area contributed by atoms with Crippen molar-refractivity contribution in [3.63, 3.8) is 0 Å². The van der Waals surface area contributed by atoms with E-state index in [1.165, 1.54) is 31.5 Å². The highest BCUT2D eigenvalue weighted by molar-refractivity contribution is 14.2. The monoisotopic (exact) mass is 1780 g/mol. The quantitative estimate of drug-likeness (QED) is 0.0157. The highest BCUT2D eigenvalue weighted by atomic mass is 127. The van der Waals surface area contributed by atoms with E-state index >= 15 is 0 Å². The largest absolute Gasteiger partial charge is 0.467 e. The van der Waals surface area contributed by atoms with Gasteiger partial charge >= 0.3 is 18.2 Å². The van der Waals surface area contributed by atoms with Gasteiger partial charge in [-0.15, -0.1) is 6.58 Å². The third-order valence-corrected chi connectivity index (χ3v) is 22.7. The zero-order valence-electron chi connectivity index (χ0n) is 52.9. The molecule has 2 unspecified atom stereocenters. The van der Waals surface area contributed by atoms with Crippen molar-refractivity contribution in [2.24, 2.45) is 11.7 Å². The van der Waals surface area contributed by atoms with Crippen LogP contribution in [0.2, 0.25) is 0 Å². The summed E-state index contributed by atoms with van der Waals surface area (Å²) < 4.78 is 126. The highest BCUT2D eigenvalue weighted by Gasteiger charge is 2.63. The topological polar surface area (TPSA) is 200 Å². The minimum atomic E-state index is -3.70. The smallest absolute Gasteiger partial charge is 0.411 e. The number of benzene rings is 4. The molecule has 2 aliphatic carbocycles. The van der Waals surface area contributed by atoms with Crippen LogP contribution in [-0.2, 0) is 77.0 Å². The molecule has 0 bridgehead atoms. The van der Waals surface area contributed by atoms with Gasteiger partial charge in [0.25, 0.3) is 0 Å². The summed E-state index contributed by atoms with van der Waals surface area (Å²) in [6, 6.07) is 21.0. The van der Waals surface area contributed by atoms with Crippen molar-refractivity contribution in [1.29, 1.82) is 0 Å². The zero-order valence-corrected chi connectivity index (χ0v) is 64.4. The lowest BCUT2D eigenvalue weighted by molar-refractivity contribution is -0.145. The predicted molar refractivity (Wildman–Crippen MR) is 378 cm³/mol. The number of methoxy groups -OCH3 is 1. The minimum absolute atomic E-state index is 0.0721. The number of ether oxygens (including phenoxy) is 5. The van der Waals surface area contributed by atoms with Gasteiger partial charge in [-0.05, 0) is 139 Å². The molecule has 2 N–H and O–H groups in total. The number of likely N-dealkylation sites (tertiary alicyclic amines) is 2. The van der Waals surface area contributed by atoms with Gasteiger partial charge in [0, 0.05) is 45.3 Å². The second-order valence-corrected chi connectivity index (χ2v) is 35.7. The van der Waals surface area contributed by atoms with Crippen LogP contribution in [0.1, 0.15) is 116 Å². The lowest BCUT2D eigenvalue weighted by Gasteiger charge is -2.30. The average molecular weight is 1780 g/mol. The molecular formula is C64H84Br2F4I3N3O13P2. The molecule has 91 heavy (non-hydrogen) atoms. The number of carbonyl (C=O) groups excluding carboxylic acids is 4. The molecule has 4 aromatic carbocycles. The molecule has 2 saturated carbocycles. The molecule has 2 heterocycles. The van der Waals surface area contributed by atoms with Gasteiger partial charge in [-0.1, -0.05) is 142 Å². The summed E-state index contributed by atoms with van der Waals surface area (Å²) in [6.07, 6.45) is 0.844. The molecule has 0 spiro atoms. The molecule has 2 aliphatic heterocycles. The number of amides is 2. The second-order valence-electron chi connectivity index (χ2n) is 23.8. The van der Waals surface area contributed by atoms with E-state index in [9.17, 15) is 45.9 Å². The molecule has 0 aromatic heterocycles. The van der Waals surface area contributed by atoms with Crippen LogP contribution in [0.25, 0.3) is 0 Å². The standard InChI is InChI=1S/C30H37BrF2NO6P.C18H24BrNO5.C14H18F2NO2P.CH2I2.CH3I/c1-5-39-41(37,19-23-24(32)7-6-8-25(23)33)30(13-14-30)16-27(35)26-15-22(17-34(26)28(36)40-29(2,3)4)38-18-20-9-11-21(31)12-10-20;1-18(2,3)25-17(22)20-10-14(9-15(20)16(21)23-4)24-11-12-5-7-13(19)8-6-12;1-3-10-8-14(10,17)20(18,19-4-2)9-11-12(15)6-5-7-13(11)16;2-1-3;1-2/h6-12,22,26H,5,13-19H2,1-4H3;5-8,14-15H,9-11H2,1-4H3;3,5-7,10H,1,4,8-9,17H2,2H3;1H2;1H3/t22-,26-,41?;14-,15-;10-,14+,20?;;/m001../s1. The van der Waals surface area contributed by atoms with Crippen molar-refractivity contribution >= 4 is 138 Å². The van der Waals surface area contributed by atoms with Gasteiger partial charge in [0.1, 0.15) is 45.8 Å². The molecule has 27 heteroatoms. The molecule has 4 aromatic rings. The predicted octanol–water partition coefficient (Wildman–Crippen LogP) is 17.7. The van der Waals surface area contributed by atoms with Gasteiger partial charge < -0.3 is 38.5 Å². The van der Waals surface area contributed by atoms with Gasteiger partial charge in [-0.3, -0.25) is 23.7 Å². The maximum atomic E-state index is 14.5. The number of esters is 1. The Bertz CT molecular complexity index is 3130. The van der Waals surface area contributed by atoms with Crippen LogP contribution < -0.4 is 5.73 Å². The summed E-state index contributed by atoms with van der Waals surface area (Å²) in [5.74, 6) is -3.96. The van der Waals surface area contributed by atoms with Crippen LogP contribution in [0, 0.1) is 29.2 Å². The van der Waals surface area contributed by atoms with Crippen LogP contribution in [0.4, 0.5) is 27.2 Å². The normalized spacial score (nSPS) is 21.6. The Balaban J connectivity index is 0.000000301. The number of halogens is 9. The van der Waals surface area contributed by atoms with Gasteiger partial charge in [0.2, 0.25) is 14.7 Å². The number of nitrogens with zero attached hydrogens (tertiary/aromatic N) is 2. The summed E-state index contributed by atoms with van der Waals surface area (Å²) in [7, 11) is -5.80. The number of alkyl halides is 3. The van der Waals surface area contributed by atoms with E-state index in [4.69, 9.17) is 38.5 Å². The van der Waals surface area contributed by atoms with E-state index in [0.29, 0.717) is 45.4 Å². The van der Waals surface area contributed by atoms with Crippen molar-refractivity contribution in [3.8, 4) is 0 Å². The average Bonchev–Trinajstić information content (AvgIpc) is 1.58. The second kappa shape index (κ2) is 36.7. The van der Waals surface area contributed by atoms with E-state index in [-0.39, 0.29) is 67.7 Å². The van der Waals surface area contributed by atoms with Crippen molar-refractivity contribution in [3.05, 3.63) is 152 Å². The first-order valence-electron chi connectivity index (χ1n) is 29.3. The summed E-state index contributed by atoms with van der Waals surface area (Å²) >= 11 is 13.5. The highest BCUT2D eigenvalue weighted by Crippen LogP contribution is 2.74. The fourth-order valence-corrected chi connectivity index (χ4v) is 16.6. The van der Waals surface area contributed by atoms with Crippen molar-refractivity contribution in [2.45, 2.75) is 165 Å². The summed E-state index contributed by atoms with van der Waals surface area (Å²) in [6.45, 7) is 19.0. The molecule has 4 aliphatic rings. The molecule has 8 rings (SSSR count). The number of ketones is 1. The van der Waals surface area contributed by atoms with Crippen LogP contribution in [0.3, 0.4) is 0 Å². The first-order valence-corrected chi connectivity index (χ1v) is 39.7. The van der Waals surface area contributed by atoms with E-state index in [2.05, 4.69) is 106 Å². The molecule has 2 amide bonds. The number of hydrogen-bond acceptors (Lipinski definition) is 14. The van der Waals surface area contributed by atoms with Crippen molar-refractivity contribution < 1.29 is 78.6 Å². The van der Waals surface area contributed by atoms with Gasteiger partial charge in [-0.2, -0.15) is 0 Å². The molecule has 0 radical (unpaired) electrons. The Hall–Kier alpha value is -2.57. The van der Waals surface area contributed by atoms with Crippen molar-refractivity contribution in [2.75, 3.05) is 40.8 Å². The van der Waals surface area contributed by atoms with Gasteiger partial charge in [0.05, 0.1) is 84.8 Å². The first-order chi connectivity index (χ1) is 42.7. The molecule has 4 fully saturated rings. The lowest BCUT2D eigenvalue weighted by atomic mass is 10.0. The summed E-state index contributed by atoms with van der Waals surface area (Å²) in [5.41, 5.74) is 6.14. The lowest BCUT2D eigenvalue weighted by Crippen LogP contribution is -2.44. The van der Waals surface area contributed by atoms with E-state index < -0.39 is 102 Å². The van der Waals surface area contributed by atoms with Gasteiger partial charge in [-0.25, -0.2) is 31.9 Å². The van der Waals surface area contributed by atoms with Crippen molar-refractivity contribution in [1.82, 2.24) is 9.80 Å². The Morgan fingerprint density at radius 1 is 0.670 bits per heavy atom. The molecule has 8 atom stereocenters. The van der Waals surface area contributed by atoms with E-state index in [1.54, 1.807) is 61.5 Å². The zero-order chi connectivity index (χ0) is 68.3. The van der Waals surface area contributed by atoms with E-state index in [0.717, 1.165) is 44.3 Å². The minimum Gasteiger partial charge on any atom is -0.467 e. The third-order valence-electron chi connectivity index (χ3n) is 15.0. The summed E-state index contributed by atoms with van der Waals surface area (Å²) in [5, 5.41) is -2.09. The Morgan fingerprint density at radius 3 is 1.40 bits per heavy atom. The fourth-order valence-electron chi connectivity index (χ4n) is 10.2. The number of nitrogens with two attached hydrogens (primary N) is 1. The third kappa shape index (κ3) is 23.6. The van der Waals surface area contributed by atoms with Crippen LogP contribution in [0.5, 0.6) is 0 Å². The Kier molecular flexibility index (Phi) is 32.6. The Labute approximate surface area is 591 Å². The molecular weight excluding hydrogens is 1700 g/mol. The number of Topliss-reactive ketones (excluding diaryl/α,β-unsaturated/α-hetero) is 1. The summed E-state index contributed by atoms with van der Waals surface area (Å²) in [4.78, 5) is 56.2. The molecule has 506 valence electrons. The van der Waals surface area contributed by atoms with Crippen LogP contribution in [-0.4, -0.2) is 120 Å². The molecule has 2 saturated heterocycles. The van der Waals surface area contributed by atoms with Crippen LogP contribution in [0.15, 0.2) is 107 Å². The Morgan fingerprint density at radius 2 is 1.04 bits per heavy atom. The maximum absolute atomic E-state index is 14.5. The van der Waals surface area contributed by atoms with Gasteiger partial charge in [0.15, 0.2) is 5.78 Å². The number of rotatable bonds is 21. The number of carbonyl (C=O) groups is 4. The number of hydrogen-bond donors (Lipinski definition) is 1.